The molecule has 0 saturated heterocycles. The van der Waals surface area contributed by atoms with Gasteiger partial charge in [0.25, 0.3) is 0 Å². The Balaban J connectivity index is 2.78. The third-order valence-electron chi connectivity index (χ3n) is 2.57. The molecule has 100 valence electrons. The number of nitrogens with two attached hydrogens (primary N) is 1. The van der Waals surface area contributed by atoms with Crippen molar-refractivity contribution in [2.45, 2.75) is 19.4 Å². The van der Waals surface area contributed by atoms with Gasteiger partial charge in [0.05, 0.1) is 12.3 Å². The van der Waals surface area contributed by atoms with E-state index in [0.717, 1.165) is 0 Å². The van der Waals surface area contributed by atoms with Gasteiger partial charge < -0.3 is 15.4 Å². The van der Waals surface area contributed by atoms with Crippen molar-refractivity contribution in [1.29, 1.82) is 0 Å². The van der Waals surface area contributed by atoms with E-state index < -0.39 is 11.5 Å². The van der Waals surface area contributed by atoms with E-state index in [-0.39, 0.29) is 19.0 Å². The lowest BCUT2D eigenvalue weighted by atomic mass is 10.0. The van der Waals surface area contributed by atoms with Gasteiger partial charge in [0.1, 0.15) is 11.4 Å². The number of ether oxygens (including phenoxy) is 1. The highest BCUT2D eigenvalue weighted by Crippen LogP contribution is 2.19. The third-order valence-corrected chi connectivity index (χ3v) is 2.57. The second-order valence-electron chi connectivity index (χ2n) is 4.45. The summed E-state index contributed by atoms with van der Waals surface area (Å²) in [5.74, 6) is -0.840. The van der Waals surface area contributed by atoms with Crippen molar-refractivity contribution in [3.05, 3.63) is 30.1 Å². The van der Waals surface area contributed by atoms with E-state index in [4.69, 9.17) is 10.5 Å². The summed E-state index contributed by atoms with van der Waals surface area (Å²) in [6.07, 6.45) is 0. The van der Waals surface area contributed by atoms with Gasteiger partial charge in [-0.05, 0) is 26.0 Å². The lowest BCUT2D eigenvalue weighted by molar-refractivity contribution is -0.148. The van der Waals surface area contributed by atoms with E-state index in [1.165, 1.54) is 6.07 Å². The van der Waals surface area contributed by atoms with Crippen LogP contribution in [0.1, 0.15) is 13.8 Å². The summed E-state index contributed by atoms with van der Waals surface area (Å²) in [5, 5.41) is 0. The van der Waals surface area contributed by atoms with Crippen LogP contribution in [0.4, 0.5) is 10.1 Å². The minimum Gasteiger partial charge on any atom is -0.465 e. The number of nitrogens with zero attached hydrogens (tertiary/aromatic N) is 1. The Morgan fingerprint density at radius 3 is 2.67 bits per heavy atom. The predicted molar refractivity (Wildman–Crippen MR) is 68.9 cm³/mol. The number of hydrogen-bond acceptors (Lipinski definition) is 4. The molecule has 0 spiro atoms. The maximum atomic E-state index is 13.6. The second kappa shape index (κ2) is 5.82. The third kappa shape index (κ3) is 3.43. The molecule has 1 aromatic carbocycles. The van der Waals surface area contributed by atoms with E-state index in [9.17, 15) is 9.18 Å². The molecular weight excluding hydrogens is 235 g/mol. The number of likely N-dealkylation sites (N-methyl/N-ethyl adjacent to an activating group) is 1. The number of hydrogen-bond donors (Lipinski definition) is 1. The van der Waals surface area contributed by atoms with Crippen LogP contribution in [0.5, 0.6) is 0 Å². The molecule has 0 amide bonds. The molecule has 1 rings (SSSR count). The molecule has 0 fully saturated rings. The molecule has 0 aromatic heterocycles. The summed E-state index contributed by atoms with van der Waals surface area (Å²) in [5.41, 5.74) is 5.12. The van der Waals surface area contributed by atoms with Crippen LogP contribution in [0.25, 0.3) is 0 Å². The summed E-state index contributed by atoms with van der Waals surface area (Å²) in [6, 6.07) is 6.34. The number of rotatable bonds is 5. The molecule has 1 atom stereocenters. The zero-order valence-electron chi connectivity index (χ0n) is 10.9. The van der Waals surface area contributed by atoms with Crippen molar-refractivity contribution in [3.63, 3.8) is 0 Å². The first-order valence-corrected chi connectivity index (χ1v) is 5.80. The van der Waals surface area contributed by atoms with Crippen LogP contribution in [-0.4, -0.2) is 31.7 Å². The lowest BCUT2D eigenvalue weighted by Crippen LogP contribution is -2.54. The van der Waals surface area contributed by atoms with Gasteiger partial charge in [-0.15, -0.1) is 0 Å². The number of carbonyl (C=O) groups is 1. The van der Waals surface area contributed by atoms with Crippen molar-refractivity contribution < 1.29 is 13.9 Å². The Morgan fingerprint density at radius 2 is 2.11 bits per heavy atom. The fraction of sp³-hybridized carbons (Fsp3) is 0.462. The number of esters is 1. The molecule has 0 bridgehead atoms. The standard InChI is InChI=1S/C13H19FN2O2/c1-4-18-12(17)13(2,15)9-16(3)11-8-6-5-7-10(11)14/h5-8H,4,9,15H2,1-3H3. The SMILES string of the molecule is CCOC(=O)C(C)(N)CN(C)c1ccccc1F. The first kappa shape index (κ1) is 14.4. The van der Waals surface area contributed by atoms with Crippen LogP contribution in [-0.2, 0) is 9.53 Å². The zero-order valence-corrected chi connectivity index (χ0v) is 10.9. The number of halogens is 1. The Morgan fingerprint density at radius 1 is 1.50 bits per heavy atom. The van der Waals surface area contributed by atoms with Crippen LogP contribution in [0.3, 0.4) is 0 Å². The highest BCUT2D eigenvalue weighted by Gasteiger charge is 2.32. The van der Waals surface area contributed by atoms with E-state index in [1.54, 1.807) is 44.0 Å². The van der Waals surface area contributed by atoms with Gasteiger partial charge in [-0.3, -0.25) is 0 Å². The molecule has 5 heteroatoms. The lowest BCUT2D eigenvalue weighted by Gasteiger charge is -2.29. The van der Waals surface area contributed by atoms with Crippen molar-refractivity contribution >= 4 is 11.7 Å². The van der Waals surface area contributed by atoms with Gasteiger partial charge in [0.2, 0.25) is 0 Å². The topological polar surface area (TPSA) is 55.6 Å². The summed E-state index contributed by atoms with van der Waals surface area (Å²) in [4.78, 5) is 13.3. The maximum absolute atomic E-state index is 13.6. The minimum atomic E-state index is -1.17. The molecule has 18 heavy (non-hydrogen) atoms. The summed E-state index contributed by atoms with van der Waals surface area (Å²) in [7, 11) is 1.68. The zero-order chi connectivity index (χ0) is 13.8. The number of anilines is 1. The summed E-state index contributed by atoms with van der Waals surface area (Å²) >= 11 is 0. The largest absolute Gasteiger partial charge is 0.465 e. The Hall–Kier alpha value is -1.62. The molecule has 0 saturated carbocycles. The number of carbonyl (C=O) groups excluding carboxylic acids is 1. The quantitative estimate of drug-likeness (QED) is 0.810. The minimum absolute atomic E-state index is 0.173. The molecule has 1 aromatic rings. The summed E-state index contributed by atoms with van der Waals surface area (Å²) in [6.45, 7) is 3.73. The van der Waals surface area contributed by atoms with Crippen LogP contribution >= 0.6 is 0 Å². The van der Waals surface area contributed by atoms with E-state index in [1.807, 2.05) is 0 Å². The highest BCUT2D eigenvalue weighted by molar-refractivity contribution is 5.81. The smallest absolute Gasteiger partial charge is 0.327 e. The van der Waals surface area contributed by atoms with Gasteiger partial charge in [-0.1, -0.05) is 12.1 Å². The first-order valence-electron chi connectivity index (χ1n) is 5.80. The second-order valence-corrected chi connectivity index (χ2v) is 4.45. The average Bonchev–Trinajstić information content (AvgIpc) is 2.29. The van der Waals surface area contributed by atoms with E-state index >= 15 is 0 Å². The Kier molecular flexibility index (Phi) is 4.67. The molecule has 1 unspecified atom stereocenters. The Bertz CT molecular complexity index is 421. The van der Waals surface area contributed by atoms with Crippen LogP contribution in [0, 0.1) is 5.82 Å². The van der Waals surface area contributed by atoms with Crippen LogP contribution in [0.2, 0.25) is 0 Å². The molecule has 0 aliphatic rings. The molecule has 0 heterocycles. The Labute approximate surface area is 107 Å². The van der Waals surface area contributed by atoms with Crippen molar-refractivity contribution in [2.75, 3.05) is 25.1 Å². The predicted octanol–water partition coefficient (Wildman–Crippen LogP) is 1.54. The molecule has 0 aliphatic carbocycles. The molecular formula is C13H19FN2O2. The fourth-order valence-electron chi connectivity index (χ4n) is 1.70. The molecule has 4 nitrogen and oxygen atoms in total. The van der Waals surface area contributed by atoms with Gasteiger partial charge in [-0.25, -0.2) is 9.18 Å². The highest BCUT2D eigenvalue weighted by atomic mass is 19.1. The van der Waals surface area contributed by atoms with Gasteiger partial charge >= 0.3 is 5.97 Å². The molecule has 2 N–H and O–H groups in total. The van der Waals surface area contributed by atoms with Crippen molar-refractivity contribution in [1.82, 2.24) is 0 Å². The number of benzene rings is 1. The van der Waals surface area contributed by atoms with Gasteiger partial charge in [0.15, 0.2) is 0 Å². The molecule has 0 aliphatic heterocycles. The van der Waals surface area contributed by atoms with E-state index in [0.29, 0.717) is 5.69 Å². The fourth-order valence-corrected chi connectivity index (χ4v) is 1.70. The molecule has 0 radical (unpaired) electrons. The first-order chi connectivity index (χ1) is 8.38. The summed E-state index contributed by atoms with van der Waals surface area (Å²) < 4.78 is 18.5. The van der Waals surface area contributed by atoms with Crippen molar-refractivity contribution in [2.24, 2.45) is 5.73 Å². The van der Waals surface area contributed by atoms with Crippen LogP contribution in [0.15, 0.2) is 24.3 Å². The van der Waals surface area contributed by atoms with Crippen molar-refractivity contribution in [3.8, 4) is 0 Å². The monoisotopic (exact) mass is 254 g/mol. The normalized spacial score (nSPS) is 13.8. The average molecular weight is 254 g/mol. The van der Waals surface area contributed by atoms with Crippen LogP contribution < -0.4 is 10.6 Å². The van der Waals surface area contributed by atoms with Gasteiger partial charge in [0, 0.05) is 13.6 Å². The van der Waals surface area contributed by atoms with Gasteiger partial charge in [-0.2, -0.15) is 0 Å². The maximum Gasteiger partial charge on any atom is 0.327 e. The number of para-hydroxylation sites is 1. The van der Waals surface area contributed by atoms with E-state index in [2.05, 4.69) is 0 Å².